The van der Waals surface area contributed by atoms with E-state index < -0.39 is 0 Å². The zero-order valence-electron chi connectivity index (χ0n) is 8.79. The first kappa shape index (κ1) is 11.0. The summed E-state index contributed by atoms with van der Waals surface area (Å²) in [5, 5.41) is 0. The van der Waals surface area contributed by atoms with Gasteiger partial charge in [-0.25, -0.2) is 0 Å². The Morgan fingerprint density at radius 3 is 1.62 bits per heavy atom. The van der Waals surface area contributed by atoms with E-state index in [1.165, 1.54) is 15.1 Å². The third-order valence-electron chi connectivity index (χ3n) is 2.32. The SMILES string of the molecule is CC(C)c1cccc(C(C)C)[c]1[Mo]. The van der Waals surface area contributed by atoms with Crippen LogP contribution in [0.15, 0.2) is 18.2 Å². The zero-order valence-corrected chi connectivity index (χ0v) is 10.8. The van der Waals surface area contributed by atoms with E-state index in [0.29, 0.717) is 11.8 Å². The van der Waals surface area contributed by atoms with Crippen molar-refractivity contribution < 1.29 is 19.8 Å². The molecule has 71 valence electrons. The van der Waals surface area contributed by atoms with Crippen LogP contribution in [0, 0.1) is 0 Å². The molecule has 1 aromatic rings. The van der Waals surface area contributed by atoms with E-state index in [-0.39, 0.29) is 0 Å². The van der Waals surface area contributed by atoms with Gasteiger partial charge in [0.2, 0.25) is 0 Å². The molecule has 1 rings (SSSR count). The molecule has 0 fully saturated rings. The number of hydrogen-bond acceptors (Lipinski definition) is 0. The molecular formula is C12H17Mo. The Kier molecular flexibility index (Phi) is 3.73. The average molecular weight is 257 g/mol. The third kappa shape index (κ3) is 2.44. The molecule has 0 aliphatic heterocycles. The van der Waals surface area contributed by atoms with Gasteiger partial charge >= 0.3 is 92.6 Å². The van der Waals surface area contributed by atoms with E-state index in [1.54, 1.807) is 0 Å². The molecule has 0 unspecified atom stereocenters. The first-order valence-corrected chi connectivity index (χ1v) is 5.84. The molecule has 0 atom stereocenters. The van der Waals surface area contributed by atoms with Crippen LogP contribution in [0.1, 0.15) is 50.7 Å². The Hall–Kier alpha value is -0.0917. The zero-order chi connectivity index (χ0) is 10.0. The molecule has 13 heavy (non-hydrogen) atoms. The van der Waals surface area contributed by atoms with Gasteiger partial charge in [0.05, 0.1) is 0 Å². The average Bonchev–Trinajstić information content (AvgIpc) is 2.03. The van der Waals surface area contributed by atoms with Gasteiger partial charge < -0.3 is 0 Å². The van der Waals surface area contributed by atoms with Crippen LogP contribution < -0.4 is 3.95 Å². The van der Waals surface area contributed by atoms with Crippen molar-refractivity contribution in [3.63, 3.8) is 0 Å². The van der Waals surface area contributed by atoms with E-state index in [0.717, 1.165) is 0 Å². The van der Waals surface area contributed by atoms with Crippen LogP contribution in [0.4, 0.5) is 0 Å². The van der Waals surface area contributed by atoms with Gasteiger partial charge in [-0.2, -0.15) is 0 Å². The van der Waals surface area contributed by atoms with Crippen molar-refractivity contribution in [2.45, 2.75) is 39.5 Å². The van der Waals surface area contributed by atoms with E-state index in [9.17, 15) is 0 Å². The molecular weight excluding hydrogens is 240 g/mol. The summed E-state index contributed by atoms with van der Waals surface area (Å²) >= 11 is 2.16. The minimum atomic E-state index is 0.640. The molecule has 0 N–H and O–H groups in total. The maximum atomic E-state index is 2.26. The van der Waals surface area contributed by atoms with Crippen molar-refractivity contribution >= 4 is 3.95 Å². The molecule has 1 aromatic carbocycles. The summed E-state index contributed by atoms with van der Waals surface area (Å²) in [4.78, 5) is 0. The quantitative estimate of drug-likeness (QED) is 0.714. The molecule has 0 amide bonds. The fraction of sp³-hybridized carbons (Fsp3) is 0.500. The molecule has 0 nitrogen and oxygen atoms in total. The maximum absolute atomic E-state index is 2.26. The number of rotatable bonds is 2. The number of benzene rings is 1. The second kappa shape index (κ2) is 4.42. The van der Waals surface area contributed by atoms with Gasteiger partial charge in [0, 0.05) is 0 Å². The van der Waals surface area contributed by atoms with Crippen molar-refractivity contribution in [1.29, 1.82) is 0 Å². The Labute approximate surface area is 92.6 Å². The molecule has 0 aliphatic carbocycles. The Morgan fingerprint density at radius 2 is 1.31 bits per heavy atom. The van der Waals surface area contributed by atoms with Crippen molar-refractivity contribution in [2.24, 2.45) is 0 Å². The summed E-state index contributed by atoms with van der Waals surface area (Å²) in [5.41, 5.74) is 2.99. The second-order valence-corrected chi connectivity index (χ2v) is 5.08. The fourth-order valence-corrected chi connectivity index (χ4v) is 2.98. The summed E-state index contributed by atoms with van der Waals surface area (Å²) in [6.45, 7) is 9.03. The molecule has 0 bridgehead atoms. The normalized spacial score (nSPS) is 11.2. The van der Waals surface area contributed by atoms with Gasteiger partial charge in [-0.15, -0.1) is 0 Å². The Bertz CT molecular complexity index is 261. The van der Waals surface area contributed by atoms with E-state index in [1.807, 2.05) is 0 Å². The third-order valence-corrected chi connectivity index (χ3v) is 3.48. The van der Waals surface area contributed by atoms with E-state index in [2.05, 4.69) is 65.7 Å². The van der Waals surface area contributed by atoms with Crippen LogP contribution in [0.3, 0.4) is 0 Å². The summed E-state index contributed by atoms with van der Waals surface area (Å²) in [6, 6.07) is 6.67. The summed E-state index contributed by atoms with van der Waals surface area (Å²) in [6.07, 6.45) is 0. The molecule has 0 aliphatic rings. The van der Waals surface area contributed by atoms with Crippen LogP contribution in [-0.4, -0.2) is 0 Å². The summed E-state index contributed by atoms with van der Waals surface area (Å²) < 4.78 is 1.49. The molecule has 0 heterocycles. The van der Waals surface area contributed by atoms with Gasteiger partial charge in [-0.1, -0.05) is 0 Å². The van der Waals surface area contributed by atoms with Crippen LogP contribution in [-0.2, 0) is 19.8 Å². The van der Waals surface area contributed by atoms with Crippen LogP contribution in [0.5, 0.6) is 0 Å². The predicted octanol–water partition coefficient (Wildman–Crippen LogP) is 3.11. The van der Waals surface area contributed by atoms with Crippen molar-refractivity contribution in [2.75, 3.05) is 0 Å². The minimum absolute atomic E-state index is 0.640. The Morgan fingerprint density at radius 1 is 0.923 bits per heavy atom. The molecule has 0 radical (unpaired) electrons. The Balaban J connectivity index is 3.18. The molecule has 0 aromatic heterocycles. The van der Waals surface area contributed by atoms with Gasteiger partial charge in [0.1, 0.15) is 0 Å². The molecule has 0 saturated heterocycles. The van der Waals surface area contributed by atoms with E-state index >= 15 is 0 Å². The van der Waals surface area contributed by atoms with Crippen LogP contribution in [0.25, 0.3) is 0 Å². The first-order chi connectivity index (χ1) is 6.04. The van der Waals surface area contributed by atoms with E-state index in [4.69, 9.17) is 0 Å². The standard InChI is InChI=1S/C12H17.Mo/c1-9(2)11-6-5-7-12(8-11)10(3)4;/h5-7,9-10H,1-4H3;. The van der Waals surface area contributed by atoms with Gasteiger partial charge in [-0.3, -0.25) is 0 Å². The molecule has 0 saturated carbocycles. The fourth-order valence-electron chi connectivity index (χ4n) is 1.48. The first-order valence-electron chi connectivity index (χ1n) is 4.83. The van der Waals surface area contributed by atoms with Gasteiger partial charge in [0.25, 0.3) is 0 Å². The van der Waals surface area contributed by atoms with Crippen molar-refractivity contribution in [3.8, 4) is 0 Å². The molecule has 0 spiro atoms. The summed E-state index contributed by atoms with van der Waals surface area (Å²) in [7, 11) is 0. The van der Waals surface area contributed by atoms with Gasteiger partial charge in [-0.05, 0) is 0 Å². The van der Waals surface area contributed by atoms with Crippen molar-refractivity contribution in [3.05, 3.63) is 29.3 Å². The summed E-state index contributed by atoms with van der Waals surface area (Å²) in [5.74, 6) is 1.28. The number of hydrogen-bond donors (Lipinski definition) is 0. The topological polar surface area (TPSA) is 0 Å². The predicted molar refractivity (Wildman–Crippen MR) is 54.3 cm³/mol. The van der Waals surface area contributed by atoms with Gasteiger partial charge in [0.15, 0.2) is 0 Å². The van der Waals surface area contributed by atoms with Crippen LogP contribution >= 0.6 is 0 Å². The van der Waals surface area contributed by atoms with Crippen LogP contribution in [0.2, 0.25) is 0 Å². The second-order valence-electron chi connectivity index (χ2n) is 4.07. The molecule has 1 heteroatoms. The monoisotopic (exact) mass is 259 g/mol. The van der Waals surface area contributed by atoms with Crippen molar-refractivity contribution in [1.82, 2.24) is 0 Å².